The van der Waals surface area contributed by atoms with E-state index in [1.165, 1.54) is 24.3 Å². The molecule has 0 aliphatic rings. The molecule has 0 aromatic heterocycles. The molecule has 0 saturated heterocycles. The van der Waals surface area contributed by atoms with Gasteiger partial charge in [-0.1, -0.05) is 12.1 Å². The fraction of sp³-hybridized carbons (Fsp3) is 0.333. The van der Waals surface area contributed by atoms with Crippen LogP contribution in [0.1, 0.15) is 5.56 Å². The summed E-state index contributed by atoms with van der Waals surface area (Å²) < 4.78 is 52.1. The lowest BCUT2D eigenvalue weighted by Gasteiger charge is -2.06. The van der Waals surface area contributed by atoms with Gasteiger partial charge in [0.05, 0.1) is 0 Å². The number of halogens is 3. The summed E-state index contributed by atoms with van der Waals surface area (Å²) in [6.07, 6.45) is 0. The van der Waals surface area contributed by atoms with Gasteiger partial charge in [-0.2, -0.15) is 8.78 Å². The van der Waals surface area contributed by atoms with Gasteiger partial charge in [0, 0.05) is 6.54 Å². The van der Waals surface area contributed by atoms with Gasteiger partial charge in [-0.05, 0) is 17.7 Å². The van der Waals surface area contributed by atoms with E-state index in [0.717, 1.165) is 0 Å². The van der Waals surface area contributed by atoms with Crippen LogP contribution in [0.3, 0.4) is 0 Å². The van der Waals surface area contributed by atoms with Crippen LogP contribution < -0.4 is 9.46 Å². The van der Waals surface area contributed by atoms with Crippen molar-refractivity contribution in [2.45, 2.75) is 13.2 Å². The molecule has 0 amide bonds. The summed E-state index contributed by atoms with van der Waals surface area (Å²) in [5.74, 6) is 0.0175. The van der Waals surface area contributed by atoms with E-state index >= 15 is 0 Å². The molecule has 1 aromatic rings. The molecule has 8 heteroatoms. The Hall–Kier alpha value is -0.920. The van der Waals surface area contributed by atoms with Crippen LogP contribution in [0.4, 0.5) is 8.78 Å². The van der Waals surface area contributed by atoms with E-state index in [9.17, 15) is 17.2 Å². The molecule has 0 spiro atoms. The lowest BCUT2D eigenvalue weighted by atomic mass is 10.2. The summed E-state index contributed by atoms with van der Waals surface area (Å²) in [4.78, 5) is 0. The lowest BCUT2D eigenvalue weighted by molar-refractivity contribution is -0.0498. The average molecular weight is 286 g/mol. The van der Waals surface area contributed by atoms with E-state index in [-0.39, 0.29) is 12.3 Å². The molecule has 0 radical (unpaired) electrons. The fourth-order valence-electron chi connectivity index (χ4n) is 1.02. The highest BCUT2D eigenvalue weighted by molar-refractivity contribution is 7.90. The summed E-state index contributed by atoms with van der Waals surface area (Å²) >= 11 is 5.19. The van der Waals surface area contributed by atoms with Crippen LogP contribution in [0.25, 0.3) is 0 Å². The zero-order valence-corrected chi connectivity index (χ0v) is 10.1. The Morgan fingerprint density at radius 1 is 1.29 bits per heavy atom. The predicted molar refractivity (Wildman–Crippen MR) is 59.6 cm³/mol. The van der Waals surface area contributed by atoms with Crippen molar-refractivity contribution in [3.8, 4) is 5.75 Å². The molecule has 0 saturated carbocycles. The maximum Gasteiger partial charge on any atom is 0.387 e. The van der Waals surface area contributed by atoms with Crippen molar-refractivity contribution in [1.29, 1.82) is 0 Å². The molecule has 0 aliphatic carbocycles. The molecule has 0 atom stereocenters. The Balaban J connectivity index is 2.57. The second-order valence-electron chi connectivity index (χ2n) is 3.07. The third-order valence-electron chi connectivity index (χ3n) is 1.79. The van der Waals surface area contributed by atoms with Crippen LogP contribution in [0.2, 0.25) is 0 Å². The number of ether oxygens (including phenoxy) is 1. The minimum atomic E-state index is -3.48. The second-order valence-corrected chi connectivity index (χ2v) is 5.46. The van der Waals surface area contributed by atoms with Crippen LogP contribution in [0.5, 0.6) is 5.75 Å². The third-order valence-corrected chi connectivity index (χ3v) is 3.52. The molecule has 4 nitrogen and oxygen atoms in total. The quantitative estimate of drug-likeness (QED) is 0.812. The van der Waals surface area contributed by atoms with E-state index in [1.807, 2.05) is 0 Å². The van der Waals surface area contributed by atoms with Gasteiger partial charge in [0.25, 0.3) is 0 Å². The van der Waals surface area contributed by atoms with Crippen LogP contribution in [0.15, 0.2) is 24.3 Å². The van der Waals surface area contributed by atoms with E-state index in [2.05, 4.69) is 9.46 Å². The Kier molecular flexibility index (Phi) is 5.10. The Morgan fingerprint density at radius 2 is 1.88 bits per heavy atom. The zero-order valence-electron chi connectivity index (χ0n) is 8.57. The van der Waals surface area contributed by atoms with Crippen molar-refractivity contribution in [3.63, 3.8) is 0 Å². The number of sulfonamides is 1. The van der Waals surface area contributed by atoms with E-state index in [1.54, 1.807) is 0 Å². The number of rotatable bonds is 6. The van der Waals surface area contributed by atoms with Gasteiger partial charge >= 0.3 is 6.61 Å². The highest BCUT2D eigenvalue weighted by atomic mass is 35.5. The number of hydrogen-bond donors (Lipinski definition) is 1. The van der Waals surface area contributed by atoms with Gasteiger partial charge in [-0.25, -0.2) is 13.1 Å². The van der Waals surface area contributed by atoms with Crippen molar-refractivity contribution in [2.75, 3.05) is 5.21 Å². The lowest BCUT2D eigenvalue weighted by Crippen LogP contribution is -2.23. The highest BCUT2D eigenvalue weighted by Crippen LogP contribution is 2.14. The van der Waals surface area contributed by atoms with Crippen molar-refractivity contribution in [1.82, 2.24) is 4.72 Å². The standard InChI is InChI=1S/C9H10ClF2NO3S/c10-6-17(14,15)13-5-7-1-3-8(4-2-7)16-9(11)12/h1-4,9,13H,5-6H2. The monoisotopic (exact) mass is 285 g/mol. The van der Waals surface area contributed by atoms with Gasteiger partial charge in [-0.3, -0.25) is 0 Å². The van der Waals surface area contributed by atoms with Gasteiger partial charge in [-0.15, -0.1) is 11.6 Å². The van der Waals surface area contributed by atoms with Crippen LogP contribution in [0, 0.1) is 0 Å². The predicted octanol–water partition coefficient (Wildman–Crippen LogP) is 1.90. The van der Waals surface area contributed by atoms with Crippen molar-refractivity contribution < 1.29 is 21.9 Å². The van der Waals surface area contributed by atoms with E-state index < -0.39 is 21.8 Å². The normalized spacial score (nSPS) is 11.8. The molecule has 96 valence electrons. The molecule has 1 aromatic carbocycles. The first-order valence-corrected chi connectivity index (χ1v) is 6.68. The summed E-state index contributed by atoms with van der Waals surface area (Å²) in [6.45, 7) is -2.83. The minimum Gasteiger partial charge on any atom is -0.435 e. The first-order valence-electron chi connectivity index (χ1n) is 4.50. The van der Waals surface area contributed by atoms with Crippen molar-refractivity contribution in [3.05, 3.63) is 29.8 Å². The van der Waals surface area contributed by atoms with Gasteiger partial charge in [0.2, 0.25) is 10.0 Å². The van der Waals surface area contributed by atoms with E-state index in [4.69, 9.17) is 11.6 Å². The molecule has 0 heterocycles. The number of benzene rings is 1. The number of alkyl halides is 3. The number of hydrogen-bond acceptors (Lipinski definition) is 3. The largest absolute Gasteiger partial charge is 0.435 e. The first-order chi connectivity index (χ1) is 7.93. The van der Waals surface area contributed by atoms with E-state index in [0.29, 0.717) is 5.56 Å². The van der Waals surface area contributed by atoms with Crippen molar-refractivity contribution >= 4 is 21.6 Å². The van der Waals surface area contributed by atoms with Gasteiger partial charge in [0.1, 0.15) is 11.0 Å². The molecule has 1 N–H and O–H groups in total. The Labute approximate surface area is 103 Å². The summed E-state index contributed by atoms with van der Waals surface area (Å²) in [5.41, 5.74) is 0.611. The minimum absolute atomic E-state index is 0.0175. The molecular formula is C9H10ClF2NO3S. The maximum absolute atomic E-state index is 11.8. The van der Waals surface area contributed by atoms with Gasteiger partial charge in [0.15, 0.2) is 0 Å². The molecule has 0 bridgehead atoms. The molecule has 0 fully saturated rings. The summed E-state index contributed by atoms with van der Waals surface area (Å²) in [6, 6.07) is 5.62. The zero-order chi connectivity index (χ0) is 12.9. The SMILES string of the molecule is O=S(=O)(CCl)NCc1ccc(OC(F)F)cc1. The van der Waals surface area contributed by atoms with Crippen LogP contribution in [-0.2, 0) is 16.6 Å². The second kappa shape index (κ2) is 6.13. The summed E-state index contributed by atoms with van der Waals surface area (Å²) in [5, 5.41) is -0.528. The summed E-state index contributed by atoms with van der Waals surface area (Å²) in [7, 11) is -3.48. The highest BCUT2D eigenvalue weighted by Gasteiger charge is 2.08. The third kappa shape index (κ3) is 5.29. The molecule has 0 unspecified atom stereocenters. The topological polar surface area (TPSA) is 55.4 Å². The van der Waals surface area contributed by atoms with Crippen molar-refractivity contribution in [2.24, 2.45) is 0 Å². The number of nitrogens with one attached hydrogen (secondary N) is 1. The Morgan fingerprint density at radius 3 is 2.35 bits per heavy atom. The van der Waals surface area contributed by atoms with Crippen LogP contribution in [-0.4, -0.2) is 20.2 Å². The first kappa shape index (κ1) is 14.1. The maximum atomic E-state index is 11.8. The molecule has 1 rings (SSSR count). The van der Waals surface area contributed by atoms with Crippen LogP contribution >= 0.6 is 11.6 Å². The molecule has 0 aliphatic heterocycles. The molecule has 17 heavy (non-hydrogen) atoms. The van der Waals surface area contributed by atoms with Gasteiger partial charge < -0.3 is 4.74 Å². The fourth-order valence-corrected chi connectivity index (χ4v) is 1.72. The average Bonchev–Trinajstić information content (AvgIpc) is 2.28. The smallest absolute Gasteiger partial charge is 0.387 e. The molecular weight excluding hydrogens is 276 g/mol. The Bertz CT molecular complexity index is 450.